The smallest absolute Gasteiger partial charge is 0.0146 e. The third-order valence-corrected chi connectivity index (χ3v) is 4.79. The highest BCUT2D eigenvalue weighted by molar-refractivity contribution is 5.79. The van der Waals surface area contributed by atoms with E-state index in [0.29, 0.717) is 0 Å². The van der Waals surface area contributed by atoms with E-state index < -0.39 is 0 Å². The Balaban J connectivity index is 2.23. The summed E-state index contributed by atoms with van der Waals surface area (Å²) in [6, 6.07) is 20.0. The van der Waals surface area contributed by atoms with E-state index in [1.165, 1.54) is 50.1 Å². The number of hydrogen-bond donors (Lipinski definition) is 0. The van der Waals surface area contributed by atoms with Crippen molar-refractivity contribution in [2.24, 2.45) is 0 Å². The SMILES string of the molecule is Cc1cc(C)c(-c2cc(-c3ccccc3)c(C)cc2C)cc1C. The van der Waals surface area contributed by atoms with Gasteiger partial charge in [-0.25, -0.2) is 0 Å². The molecular formula is C23H24. The highest BCUT2D eigenvalue weighted by Crippen LogP contribution is 2.34. The van der Waals surface area contributed by atoms with Gasteiger partial charge in [0.25, 0.3) is 0 Å². The number of aryl methyl sites for hydroxylation is 5. The van der Waals surface area contributed by atoms with E-state index in [9.17, 15) is 0 Å². The van der Waals surface area contributed by atoms with Crippen LogP contribution in [0.2, 0.25) is 0 Å². The lowest BCUT2D eigenvalue weighted by Gasteiger charge is -2.16. The van der Waals surface area contributed by atoms with E-state index in [-0.39, 0.29) is 0 Å². The van der Waals surface area contributed by atoms with E-state index in [4.69, 9.17) is 0 Å². The van der Waals surface area contributed by atoms with Crippen molar-refractivity contribution >= 4 is 0 Å². The van der Waals surface area contributed by atoms with Crippen LogP contribution < -0.4 is 0 Å². The van der Waals surface area contributed by atoms with E-state index in [1.807, 2.05) is 0 Å². The van der Waals surface area contributed by atoms with Gasteiger partial charge in [-0.05, 0) is 90.8 Å². The molecule has 0 atom stereocenters. The zero-order chi connectivity index (χ0) is 16.6. The summed E-state index contributed by atoms with van der Waals surface area (Å²) in [6.07, 6.45) is 0. The van der Waals surface area contributed by atoms with Crippen LogP contribution in [0.15, 0.2) is 54.6 Å². The molecule has 0 heteroatoms. The molecule has 0 saturated heterocycles. The molecule has 3 aromatic rings. The molecule has 23 heavy (non-hydrogen) atoms. The van der Waals surface area contributed by atoms with Gasteiger partial charge in [0.05, 0.1) is 0 Å². The monoisotopic (exact) mass is 300 g/mol. The zero-order valence-corrected chi connectivity index (χ0v) is 14.7. The van der Waals surface area contributed by atoms with E-state index in [2.05, 4.69) is 89.2 Å². The molecule has 0 aromatic heterocycles. The molecule has 0 heterocycles. The van der Waals surface area contributed by atoms with Crippen LogP contribution in [-0.4, -0.2) is 0 Å². The Labute approximate surface area is 139 Å². The van der Waals surface area contributed by atoms with Crippen molar-refractivity contribution < 1.29 is 0 Å². The first-order chi connectivity index (χ1) is 11.0. The summed E-state index contributed by atoms with van der Waals surface area (Å²) in [5, 5.41) is 0. The molecule has 0 amide bonds. The minimum atomic E-state index is 1.28. The second kappa shape index (κ2) is 6.04. The minimum absolute atomic E-state index is 1.28. The van der Waals surface area contributed by atoms with Gasteiger partial charge < -0.3 is 0 Å². The lowest BCUT2D eigenvalue weighted by Crippen LogP contribution is -1.94. The predicted octanol–water partition coefficient (Wildman–Crippen LogP) is 6.56. The molecule has 116 valence electrons. The second-order valence-electron chi connectivity index (χ2n) is 6.60. The highest BCUT2D eigenvalue weighted by atomic mass is 14.2. The van der Waals surface area contributed by atoms with E-state index >= 15 is 0 Å². The molecule has 0 aliphatic carbocycles. The van der Waals surface area contributed by atoms with Crippen molar-refractivity contribution in [3.05, 3.63) is 82.4 Å². The third kappa shape index (κ3) is 2.94. The van der Waals surface area contributed by atoms with Gasteiger partial charge in [-0.2, -0.15) is 0 Å². The fourth-order valence-electron chi connectivity index (χ4n) is 3.32. The Morgan fingerprint density at radius 1 is 0.435 bits per heavy atom. The first kappa shape index (κ1) is 15.6. The van der Waals surface area contributed by atoms with E-state index in [0.717, 1.165) is 0 Å². The molecule has 0 aliphatic heterocycles. The van der Waals surface area contributed by atoms with Crippen molar-refractivity contribution in [3.8, 4) is 22.3 Å². The molecule has 3 aromatic carbocycles. The zero-order valence-electron chi connectivity index (χ0n) is 14.7. The van der Waals surface area contributed by atoms with Crippen molar-refractivity contribution in [1.82, 2.24) is 0 Å². The quantitative estimate of drug-likeness (QED) is 0.502. The first-order valence-corrected chi connectivity index (χ1v) is 8.22. The van der Waals surface area contributed by atoms with Gasteiger partial charge in [0.15, 0.2) is 0 Å². The van der Waals surface area contributed by atoms with Gasteiger partial charge in [0, 0.05) is 0 Å². The largest absolute Gasteiger partial charge is 0.0622 e. The summed E-state index contributed by atoms with van der Waals surface area (Å²) in [4.78, 5) is 0. The molecule has 0 bridgehead atoms. The molecule has 0 radical (unpaired) electrons. The molecule has 3 rings (SSSR count). The summed E-state index contributed by atoms with van der Waals surface area (Å²) < 4.78 is 0. The molecule has 0 nitrogen and oxygen atoms in total. The number of benzene rings is 3. The summed E-state index contributed by atoms with van der Waals surface area (Å²) in [7, 11) is 0. The second-order valence-corrected chi connectivity index (χ2v) is 6.60. The maximum atomic E-state index is 2.36. The summed E-state index contributed by atoms with van der Waals surface area (Å²) in [6.45, 7) is 11.0. The Morgan fingerprint density at radius 2 is 0.913 bits per heavy atom. The number of hydrogen-bond acceptors (Lipinski definition) is 0. The topological polar surface area (TPSA) is 0 Å². The average molecular weight is 300 g/mol. The van der Waals surface area contributed by atoms with Gasteiger partial charge in [-0.15, -0.1) is 0 Å². The highest BCUT2D eigenvalue weighted by Gasteiger charge is 2.11. The molecular weight excluding hydrogens is 276 g/mol. The summed E-state index contributed by atoms with van der Waals surface area (Å²) in [5.41, 5.74) is 12.0. The molecule has 0 N–H and O–H groups in total. The Morgan fingerprint density at radius 3 is 1.57 bits per heavy atom. The summed E-state index contributed by atoms with van der Waals surface area (Å²) >= 11 is 0. The van der Waals surface area contributed by atoms with Crippen LogP contribution >= 0.6 is 0 Å². The first-order valence-electron chi connectivity index (χ1n) is 8.22. The minimum Gasteiger partial charge on any atom is -0.0622 e. The van der Waals surface area contributed by atoms with Crippen LogP contribution in [0.3, 0.4) is 0 Å². The number of rotatable bonds is 2. The third-order valence-electron chi connectivity index (χ3n) is 4.79. The standard InChI is InChI=1S/C23H24/c1-15-11-18(4)22(13-16(15)2)23-14-21(17(3)12-19(23)5)20-9-7-6-8-10-20/h6-14H,1-5H3. The van der Waals surface area contributed by atoms with Crippen LogP contribution in [-0.2, 0) is 0 Å². The van der Waals surface area contributed by atoms with E-state index in [1.54, 1.807) is 0 Å². The summed E-state index contributed by atoms with van der Waals surface area (Å²) in [5.74, 6) is 0. The van der Waals surface area contributed by atoms with Gasteiger partial charge in [0.2, 0.25) is 0 Å². The Bertz CT molecular complexity index is 855. The molecule has 0 spiro atoms. The molecule has 0 fully saturated rings. The lowest BCUT2D eigenvalue weighted by molar-refractivity contribution is 1.29. The van der Waals surface area contributed by atoms with Gasteiger partial charge in [-0.1, -0.05) is 48.5 Å². The molecule has 0 saturated carbocycles. The predicted molar refractivity (Wildman–Crippen MR) is 101 cm³/mol. The van der Waals surface area contributed by atoms with Crippen molar-refractivity contribution in [2.45, 2.75) is 34.6 Å². The Kier molecular flexibility index (Phi) is 4.09. The normalized spacial score (nSPS) is 10.8. The van der Waals surface area contributed by atoms with Crippen LogP contribution in [0.4, 0.5) is 0 Å². The molecule has 0 unspecified atom stereocenters. The fraction of sp³-hybridized carbons (Fsp3) is 0.217. The van der Waals surface area contributed by atoms with Crippen molar-refractivity contribution in [1.29, 1.82) is 0 Å². The molecule has 0 aliphatic rings. The average Bonchev–Trinajstić information content (AvgIpc) is 2.52. The Hall–Kier alpha value is -2.34. The van der Waals surface area contributed by atoms with Crippen LogP contribution in [0, 0.1) is 34.6 Å². The van der Waals surface area contributed by atoms with Crippen molar-refractivity contribution in [3.63, 3.8) is 0 Å². The lowest BCUT2D eigenvalue weighted by atomic mass is 9.88. The van der Waals surface area contributed by atoms with Gasteiger partial charge in [0.1, 0.15) is 0 Å². The van der Waals surface area contributed by atoms with Crippen LogP contribution in [0.1, 0.15) is 27.8 Å². The van der Waals surface area contributed by atoms with Crippen LogP contribution in [0.5, 0.6) is 0 Å². The maximum absolute atomic E-state index is 2.36. The fourth-order valence-corrected chi connectivity index (χ4v) is 3.32. The van der Waals surface area contributed by atoms with Crippen LogP contribution in [0.25, 0.3) is 22.3 Å². The maximum Gasteiger partial charge on any atom is -0.0146 e. The van der Waals surface area contributed by atoms with Crippen molar-refractivity contribution in [2.75, 3.05) is 0 Å². The van der Waals surface area contributed by atoms with Gasteiger partial charge in [-0.3, -0.25) is 0 Å². The van der Waals surface area contributed by atoms with Gasteiger partial charge >= 0.3 is 0 Å².